The van der Waals surface area contributed by atoms with Gasteiger partial charge >= 0.3 is 0 Å². The molecule has 0 saturated carbocycles. The van der Waals surface area contributed by atoms with E-state index in [0.717, 1.165) is 12.8 Å². The van der Waals surface area contributed by atoms with E-state index >= 15 is 0 Å². The molecule has 0 bridgehead atoms. The van der Waals surface area contributed by atoms with Crippen molar-refractivity contribution < 1.29 is 4.79 Å². The average molecular weight is 251 g/mol. The Hall–Kier alpha value is -1.45. The second kappa shape index (κ2) is 5.94. The Bertz CT molecular complexity index is 405. The Morgan fingerprint density at radius 3 is 2.39 bits per heavy atom. The van der Waals surface area contributed by atoms with Crippen LogP contribution in [0.5, 0.6) is 0 Å². The van der Waals surface area contributed by atoms with Crippen molar-refractivity contribution in [3.63, 3.8) is 0 Å². The lowest BCUT2D eigenvalue weighted by Crippen LogP contribution is -2.37. The quantitative estimate of drug-likeness (QED) is 0.874. The molecule has 1 aromatic heterocycles. The molecule has 4 heteroatoms. The largest absolute Gasteiger partial charge is 0.397 e. The summed E-state index contributed by atoms with van der Waals surface area (Å²) in [4.78, 5) is 14.3. The number of carbonyl (C=O) groups excluding carboxylic acids is 1. The maximum Gasteiger partial charge on any atom is 0.270 e. The number of anilines is 1. The van der Waals surface area contributed by atoms with E-state index in [1.54, 1.807) is 6.07 Å². The molecule has 0 fully saturated rings. The van der Waals surface area contributed by atoms with Crippen LogP contribution in [0.4, 0.5) is 5.69 Å². The van der Waals surface area contributed by atoms with Gasteiger partial charge in [0.05, 0.1) is 5.69 Å². The Labute approximate surface area is 110 Å². The number of nitrogen functional groups attached to an aromatic ring is 1. The van der Waals surface area contributed by atoms with Gasteiger partial charge in [-0.2, -0.15) is 0 Å². The minimum atomic E-state index is 0.0501. The van der Waals surface area contributed by atoms with Gasteiger partial charge in [0.1, 0.15) is 5.69 Å². The Morgan fingerprint density at radius 2 is 1.94 bits per heavy atom. The van der Waals surface area contributed by atoms with E-state index in [2.05, 4.69) is 13.8 Å². The van der Waals surface area contributed by atoms with Crippen LogP contribution in [0.2, 0.25) is 0 Å². The molecule has 2 N–H and O–H groups in total. The zero-order valence-electron chi connectivity index (χ0n) is 12.1. The molecule has 1 rings (SSSR count). The van der Waals surface area contributed by atoms with Crippen LogP contribution in [0, 0.1) is 0 Å². The van der Waals surface area contributed by atoms with Gasteiger partial charge in [0.15, 0.2) is 0 Å². The SMILES string of the molecule is CCC(CC)N(C)C(=O)c1cc(N)cn1C(C)C. The van der Waals surface area contributed by atoms with E-state index in [1.165, 1.54) is 0 Å². The number of nitrogens with two attached hydrogens (primary N) is 1. The van der Waals surface area contributed by atoms with Gasteiger partial charge in [0.25, 0.3) is 5.91 Å². The molecule has 18 heavy (non-hydrogen) atoms. The second-order valence-corrected chi connectivity index (χ2v) is 5.05. The third kappa shape index (κ3) is 2.86. The van der Waals surface area contributed by atoms with Crippen LogP contribution >= 0.6 is 0 Å². The van der Waals surface area contributed by atoms with Gasteiger partial charge in [0.2, 0.25) is 0 Å². The number of hydrogen-bond donors (Lipinski definition) is 1. The molecule has 1 aromatic rings. The molecule has 0 aliphatic heterocycles. The molecule has 102 valence electrons. The van der Waals surface area contributed by atoms with Crippen molar-refractivity contribution in [1.29, 1.82) is 0 Å². The maximum atomic E-state index is 12.5. The zero-order valence-corrected chi connectivity index (χ0v) is 12.1. The summed E-state index contributed by atoms with van der Waals surface area (Å²) in [6.07, 6.45) is 3.77. The minimum absolute atomic E-state index is 0.0501. The summed E-state index contributed by atoms with van der Waals surface area (Å²) in [5.74, 6) is 0.0501. The fourth-order valence-corrected chi connectivity index (χ4v) is 2.28. The first-order valence-electron chi connectivity index (χ1n) is 6.66. The number of rotatable bonds is 5. The van der Waals surface area contributed by atoms with E-state index in [4.69, 9.17) is 5.73 Å². The highest BCUT2D eigenvalue weighted by atomic mass is 16.2. The predicted octanol–water partition coefficient (Wildman–Crippen LogP) is 2.91. The van der Waals surface area contributed by atoms with Crippen molar-refractivity contribution in [3.05, 3.63) is 18.0 Å². The van der Waals surface area contributed by atoms with E-state index < -0.39 is 0 Å². The first kappa shape index (κ1) is 14.6. The summed E-state index contributed by atoms with van der Waals surface area (Å²) < 4.78 is 1.94. The molecular weight excluding hydrogens is 226 g/mol. The fraction of sp³-hybridized carbons (Fsp3) is 0.643. The first-order chi connectivity index (χ1) is 8.42. The number of amides is 1. The maximum absolute atomic E-state index is 12.5. The monoisotopic (exact) mass is 251 g/mol. The van der Waals surface area contributed by atoms with Crippen LogP contribution < -0.4 is 5.73 Å². The van der Waals surface area contributed by atoms with Gasteiger partial charge in [-0.1, -0.05) is 13.8 Å². The average Bonchev–Trinajstić information content (AvgIpc) is 2.72. The molecule has 0 aromatic carbocycles. The van der Waals surface area contributed by atoms with Crippen LogP contribution in [-0.4, -0.2) is 28.5 Å². The number of nitrogens with zero attached hydrogens (tertiary/aromatic N) is 2. The molecule has 0 spiro atoms. The first-order valence-corrected chi connectivity index (χ1v) is 6.66. The molecule has 0 saturated heterocycles. The topological polar surface area (TPSA) is 51.3 Å². The van der Waals surface area contributed by atoms with E-state index in [1.807, 2.05) is 36.6 Å². The highest BCUT2D eigenvalue weighted by Gasteiger charge is 2.22. The van der Waals surface area contributed by atoms with Crippen LogP contribution in [0.3, 0.4) is 0 Å². The Balaban J connectivity index is 3.03. The standard InChI is InChI=1S/C14H25N3O/c1-6-12(7-2)16(5)14(18)13-8-11(15)9-17(13)10(3)4/h8-10,12H,6-7,15H2,1-5H3. The summed E-state index contributed by atoms with van der Waals surface area (Å²) in [5, 5.41) is 0. The molecule has 0 unspecified atom stereocenters. The van der Waals surface area contributed by atoms with Gasteiger partial charge in [-0.15, -0.1) is 0 Å². The van der Waals surface area contributed by atoms with Gasteiger partial charge in [-0.25, -0.2) is 0 Å². The van der Waals surface area contributed by atoms with E-state index in [0.29, 0.717) is 11.4 Å². The van der Waals surface area contributed by atoms with Crippen LogP contribution in [0.25, 0.3) is 0 Å². The van der Waals surface area contributed by atoms with Gasteiger partial charge in [-0.3, -0.25) is 4.79 Å². The lowest BCUT2D eigenvalue weighted by molar-refractivity contribution is 0.0711. The van der Waals surface area contributed by atoms with Crippen molar-refractivity contribution in [2.24, 2.45) is 0 Å². The molecule has 0 aliphatic carbocycles. The molecular formula is C14H25N3O. The lowest BCUT2D eigenvalue weighted by atomic mass is 10.1. The van der Waals surface area contributed by atoms with Crippen LogP contribution in [0.1, 0.15) is 57.1 Å². The smallest absolute Gasteiger partial charge is 0.270 e. The summed E-state index contributed by atoms with van der Waals surface area (Å²) in [6.45, 7) is 8.31. The van der Waals surface area contributed by atoms with E-state index in [9.17, 15) is 4.79 Å². The van der Waals surface area contributed by atoms with Crippen LogP contribution in [-0.2, 0) is 0 Å². The fourth-order valence-electron chi connectivity index (χ4n) is 2.28. The number of hydrogen-bond acceptors (Lipinski definition) is 2. The summed E-state index contributed by atoms with van der Waals surface area (Å²) in [6, 6.07) is 2.28. The highest BCUT2D eigenvalue weighted by Crippen LogP contribution is 2.19. The third-order valence-corrected chi connectivity index (χ3v) is 3.46. The summed E-state index contributed by atoms with van der Waals surface area (Å²) in [7, 11) is 1.87. The molecule has 0 atom stereocenters. The van der Waals surface area contributed by atoms with Gasteiger partial charge in [0, 0.05) is 25.3 Å². The van der Waals surface area contributed by atoms with Gasteiger partial charge in [-0.05, 0) is 32.8 Å². The molecule has 0 aliphatic rings. The van der Waals surface area contributed by atoms with Crippen molar-refractivity contribution in [2.75, 3.05) is 12.8 Å². The number of carbonyl (C=O) groups is 1. The number of aromatic nitrogens is 1. The normalized spacial score (nSPS) is 11.3. The Morgan fingerprint density at radius 1 is 1.39 bits per heavy atom. The lowest BCUT2D eigenvalue weighted by Gasteiger charge is -2.27. The van der Waals surface area contributed by atoms with Crippen molar-refractivity contribution in [3.8, 4) is 0 Å². The van der Waals surface area contributed by atoms with Crippen LogP contribution in [0.15, 0.2) is 12.3 Å². The molecule has 4 nitrogen and oxygen atoms in total. The van der Waals surface area contributed by atoms with Crippen molar-refractivity contribution in [1.82, 2.24) is 9.47 Å². The molecule has 1 amide bonds. The summed E-state index contributed by atoms with van der Waals surface area (Å²) in [5.41, 5.74) is 7.13. The zero-order chi connectivity index (χ0) is 13.9. The highest BCUT2D eigenvalue weighted by molar-refractivity contribution is 5.94. The van der Waals surface area contributed by atoms with Crippen molar-refractivity contribution >= 4 is 11.6 Å². The Kier molecular flexibility index (Phi) is 4.82. The van der Waals surface area contributed by atoms with Crippen molar-refractivity contribution in [2.45, 2.75) is 52.6 Å². The molecule has 1 heterocycles. The minimum Gasteiger partial charge on any atom is -0.397 e. The van der Waals surface area contributed by atoms with Gasteiger partial charge < -0.3 is 15.2 Å². The van der Waals surface area contributed by atoms with E-state index in [-0.39, 0.29) is 18.0 Å². The molecule has 0 radical (unpaired) electrons. The second-order valence-electron chi connectivity index (χ2n) is 5.05. The predicted molar refractivity (Wildman–Crippen MR) is 75.7 cm³/mol. The third-order valence-electron chi connectivity index (χ3n) is 3.46. The summed E-state index contributed by atoms with van der Waals surface area (Å²) >= 11 is 0.